The number of likely N-dealkylation sites (tertiary alicyclic amines) is 1. The minimum Gasteiger partial charge on any atom is -0.507 e. The third-order valence-corrected chi connectivity index (χ3v) is 5.52. The van der Waals surface area contributed by atoms with Crippen LogP contribution < -0.4 is 4.90 Å². The van der Waals surface area contributed by atoms with Gasteiger partial charge >= 0.3 is 0 Å². The zero-order chi connectivity index (χ0) is 18.3. The number of para-hydroxylation sites is 1. The lowest BCUT2D eigenvalue weighted by molar-refractivity contribution is -0.122. The molecule has 2 amide bonds. The second-order valence-corrected chi connectivity index (χ2v) is 7.06. The van der Waals surface area contributed by atoms with E-state index in [-0.39, 0.29) is 23.1 Å². The fraction of sp³-hybridized carbons (Fsp3) is 0.300. The molecule has 5 nitrogen and oxygen atoms in total. The van der Waals surface area contributed by atoms with Gasteiger partial charge in [0.2, 0.25) is 5.91 Å². The van der Waals surface area contributed by atoms with Crippen molar-refractivity contribution >= 4 is 29.1 Å². The standard InChI is InChI=1S/C20H19ClN2O3/c21-15-6-3-7-16-13(15)10-12-23(16)20(26)17-8-4-11-22(17)19(25)14-5-1-2-9-18(14)24/h1-3,5-7,9,17,24H,4,8,10-12H2. The Kier molecular flexibility index (Phi) is 4.32. The lowest BCUT2D eigenvalue weighted by Gasteiger charge is -2.28. The minimum atomic E-state index is -0.507. The van der Waals surface area contributed by atoms with E-state index in [2.05, 4.69) is 0 Å². The van der Waals surface area contributed by atoms with Gasteiger partial charge in [-0.15, -0.1) is 0 Å². The number of nitrogens with zero attached hydrogens (tertiary/aromatic N) is 2. The fourth-order valence-corrected chi connectivity index (χ4v) is 4.14. The Morgan fingerprint density at radius 1 is 1.08 bits per heavy atom. The molecule has 0 bridgehead atoms. The molecule has 2 heterocycles. The Bertz CT molecular complexity index is 883. The molecule has 2 aliphatic heterocycles. The van der Waals surface area contributed by atoms with E-state index >= 15 is 0 Å². The van der Waals surface area contributed by atoms with E-state index in [9.17, 15) is 14.7 Å². The number of hydrogen-bond acceptors (Lipinski definition) is 3. The topological polar surface area (TPSA) is 60.9 Å². The van der Waals surface area contributed by atoms with E-state index < -0.39 is 6.04 Å². The van der Waals surface area contributed by atoms with Crippen molar-refractivity contribution < 1.29 is 14.7 Å². The molecule has 4 rings (SSSR count). The van der Waals surface area contributed by atoms with Crippen molar-refractivity contribution in [3.8, 4) is 5.75 Å². The number of phenolic OH excluding ortho intramolecular Hbond substituents is 1. The number of aromatic hydroxyl groups is 1. The van der Waals surface area contributed by atoms with Crippen LogP contribution in [0.3, 0.4) is 0 Å². The fourth-order valence-electron chi connectivity index (χ4n) is 3.88. The van der Waals surface area contributed by atoms with Gasteiger partial charge in [0.15, 0.2) is 0 Å². The van der Waals surface area contributed by atoms with Crippen molar-refractivity contribution in [1.29, 1.82) is 0 Å². The summed E-state index contributed by atoms with van der Waals surface area (Å²) in [6, 6.07) is 11.5. The van der Waals surface area contributed by atoms with Gasteiger partial charge in [-0.25, -0.2) is 0 Å². The van der Waals surface area contributed by atoms with Crippen molar-refractivity contribution in [3.05, 3.63) is 58.6 Å². The number of halogens is 1. The van der Waals surface area contributed by atoms with E-state index in [0.29, 0.717) is 24.5 Å². The summed E-state index contributed by atoms with van der Waals surface area (Å²) in [6.07, 6.45) is 2.12. The quantitative estimate of drug-likeness (QED) is 0.882. The average Bonchev–Trinajstić information content (AvgIpc) is 3.29. The maximum Gasteiger partial charge on any atom is 0.258 e. The van der Waals surface area contributed by atoms with Crippen LogP contribution in [0, 0.1) is 0 Å². The molecule has 1 atom stereocenters. The lowest BCUT2D eigenvalue weighted by atomic mass is 10.1. The number of carbonyl (C=O) groups is 2. The van der Waals surface area contributed by atoms with Crippen molar-refractivity contribution in [3.63, 3.8) is 0 Å². The van der Waals surface area contributed by atoms with Crippen LogP contribution in [0.2, 0.25) is 5.02 Å². The van der Waals surface area contributed by atoms with Crippen LogP contribution in [0.25, 0.3) is 0 Å². The molecule has 1 unspecified atom stereocenters. The highest BCUT2D eigenvalue weighted by molar-refractivity contribution is 6.32. The molecule has 26 heavy (non-hydrogen) atoms. The first-order valence-corrected chi connectivity index (χ1v) is 9.13. The molecule has 0 aromatic heterocycles. The monoisotopic (exact) mass is 370 g/mol. The largest absolute Gasteiger partial charge is 0.507 e. The van der Waals surface area contributed by atoms with Gasteiger partial charge in [-0.2, -0.15) is 0 Å². The number of fused-ring (bicyclic) bond motifs is 1. The molecule has 2 aromatic carbocycles. The van der Waals surface area contributed by atoms with Crippen LogP contribution >= 0.6 is 11.6 Å². The molecule has 0 radical (unpaired) electrons. The van der Waals surface area contributed by atoms with Crippen LogP contribution in [0.1, 0.15) is 28.8 Å². The zero-order valence-electron chi connectivity index (χ0n) is 14.2. The summed E-state index contributed by atoms with van der Waals surface area (Å²) in [6.45, 7) is 1.09. The first-order valence-electron chi connectivity index (χ1n) is 8.75. The van der Waals surface area contributed by atoms with E-state index in [1.165, 1.54) is 6.07 Å². The molecule has 1 saturated heterocycles. The third kappa shape index (κ3) is 2.72. The normalized spacial score (nSPS) is 18.9. The van der Waals surface area contributed by atoms with Crippen molar-refractivity contribution in [2.24, 2.45) is 0 Å². The predicted octanol–water partition coefficient (Wildman–Crippen LogP) is 3.24. The summed E-state index contributed by atoms with van der Waals surface area (Å²) >= 11 is 6.25. The van der Waals surface area contributed by atoms with Gasteiger partial charge in [-0.3, -0.25) is 9.59 Å². The SMILES string of the molecule is O=C(C1CCCN1C(=O)c1ccccc1O)N1CCc2c(Cl)cccc21. The summed E-state index contributed by atoms with van der Waals surface area (Å²) in [5, 5.41) is 10.7. The molecule has 1 fully saturated rings. The average molecular weight is 371 g/mol. The summed E-state index contributed by atoms with van der Waals surface area (Å²) in [7, 11) is 0. The molecule has 2 aromatic rings. The summed E-state index contributed by atoms with van der Waals surface area (Å²) < 4.78 is 0. The van der Waals surface area contributed by atoms with Gasteiger partial charge in [0.25, 0.3) is 5.91 Å². The number of phenols is 1. The highest BCUT2D eigenvalue weighted by Gasteiger charge is 2.39. The van der Waals surface area contributed by atoms with Crippen molar-refractivity contribution in [2.75, 3.05) is 18.0 Å². The molecule has 2 aliphatic rings. The molecular weight excluding hydrogens is 352 g/mol. The summed E-state index contributed by atoms with van der Waals surface area (Å²) in [4.78, 5) is 29.4. The first kappa shape index (κ1) is 16.9. The molecule has 0 aliphatic carbocycles. The Hall–Kier alpha value is -2.53. The minimum absolute atomic E-state index is 0.0612. The van der Waals surface area contributed by atoms with Gasteiger partial charge < -0.3 is 14.9 Å². The number of anilines is 1. The van der Waals surface area contributed by atoms with Crippen molar-refractivity contribution in [1.82, 2.24) is 4.90 Å². The molecule has 0 saturated carbocycles. The Morgan fingerprint density at radius 3 is 2.69 bits per heavy atom. The zero-order valence-corrected chi connectivity index (χ0v) is 14.9. The van der Waals surface area contributed by atoms with Crippen LogP contribution in [0.4, 0.5) is 5.69 Å². The Morgan fingerprint density at radius 2 is 1.88 bits per heavy atom. The predicted molar refractivity (Wildman–Crippen MR) is 99.7 cm³/mol. The van der Waals surface area contributed by atoms with Gasteiger partial charge in [-0.1, -0.05) is 29.8 Å². The molecule has 0 spiro atoms. The van der Waals surface area contributed by atoms with E-state index in [0.717, 1.165) is 24.1 Å². The second-order valence-electron chi connectivity index (χ2n) is 6.65. The molecular formula is C20H19ClN2O3. The smallest absolute Gasteiger partial charge is 0.258 e. The van der Waals surface area contributed by atoms with E-state index in [1.807, 2.05) is 18.2 Å². The van der Waals surface area contributed by atoms with Crippen LogP contribution in [0.15, 0.2) is 42.5 Å². The molecule has 134 valence electrons. The summed E-state index contributed by atoms with van der Waals surface area (Å²) in [5.41, 5.74) is 2.06. The maximum atomic E-state index is 13.2. The van der Waals surface area contributed by atoms with E-state index in [4.69, 9.17) is 11.6 Å². The molecule has 1 N–H and O–H groups in total. The number of carbonyl (C=O) groups excluding carboxylic acids is 2. The number of rotatable bonds is 2. The van der Waals surface area contributed by atoms with Gasteiger partial charge in [0, 0.05) is 23.8 Å². The number of amides is 2. The highest BCUT2D eigenvalue weighted by Crippen LogP contribution is 2.35. The van der Waals surface area contributed by atoms with Crippen LogP contribution in [-0.2, 0) is 11.2 Å². The van der Waals surface area contributed by atoms with Crippen molar-refractivity contribution in [2.45, 2.75) is 25.3 Å². The third-order valence-electron chi connectivity index (χ3n) is 5.17. The lowest BCUT2D eigenvalue weighted by Crippen LogP contribution is -2.47. The van der Waals surface area contributed by atoms with Gasteiger partial charge in [-0.05, 0) is 49.1 Å². The van der Waals surface area contributed by atoms with Gasteiger partial charge in [0.05, 0.1) is 5.56 Å². The highest BCUT2D eigenvalue weighted by atomic mass is 35.5. The Balaban J connectivity index is 1.60. The van der Waals surface area contributed by atoms with Crippen LogP contribution in [-0.4, -0.2) is 41.0 Å². The van der Waals surface area contributed by atoms with Crippen LogP contribution in [0.5, 0.6) is 5.75 Å². The van der Waals surface area contributed by atoms with E-state index in [1.54, 1.807) is 28.0 Å². The summed E-state index contributed by atoms with van der Waals surface area (Å²) in [5.74, 6) is -0.439. The Labute approximate surface area is 156 Å². The first-order chi connectivity index (χ1) is 12.6. The molecule has 6 heteroatoms. The maximum absolute atomic E-state index is 13.2. The van der Waals surface area contributed by atoms with Gasteiger partial charge in [0.1, 0.15) is 11.8 Å². The second kappa shape index (κ2) is 6.65. The number of benzene rings is 2. The number of hydrogen-bond donors (Lipinski definition) is 1.